The van der Waals surface area contributed by atoms with Gasteiger partial charge in [0.15, 0.2) is 0 Å². The highest BCUT2D eigenvalue weighted by Gasteiger charge is 2.36. The molecule has 30 heavy (non-hydrogen) atoms. The topological polar surface area (TPSA) is 79.6 Å². The zero-order valence-corrected chi connectivity index (χ0v) is 17.1. The van der Waals surface area contributed by atoms with Gasteiger partial charge >= 0.3 is 0 Å². The minimum Gasteiger partial charge on any atom is -0.467 e. The molecule has 1 N–H and O–H groups in total. The predicted octanol–water partition coefficient (Wildman–Crippen LogP) is 4.76. The molecule has 4 rings (SSSR count). The molecule has 0 fully saturated rings. The maximum absolute atomic E-state index is 12.9. The van der Waals surface area contributed by atoms with Crippen molar-refractivity contribution >= 4 is 23.4 Å². The number of para-hydroxylation sites is 1. The van der Waals surface area contributed by atoms with Crippen molar-refractivity contribution in [3.8, 4) is 0 Å². The number of rotatable bonds is 5. The van der Waals surface area contributed by atoms with Crippen molar-refractivity contribution in [3.05, 3.63) is 88.4 Å². The van der Waals surface area contributed by atoms with Crippen LogP contribution in [0.15, 0.2) is 59.2 Å². The highest BCUT2D eigenvalue weighted by Crippen LogP contribution is 2.29. The van der Waals surface area contributed by atoms with Crippen molar-refractivity contribution in [3.63, 3.8) is 0 Å². The second-order valence-corrected chi connectivity index (χ2v) is 7.68. The summed E-state index contributed by atoms with van der Waals surface area (Å²) in [6.07, 6.45) is 1.49. The summed E-state index contributed by atoms with van der Waals surface area (Å²) in [5.74, 6) is -0.379. The molecule has 6 heteroatoms. The first-order valence-electron chi connectivity index (χ1n) is 9.80. The van der Waals surface area contributed by atoms with Crippen LogP contribution in [0.25, 0.3) is 0 Å². The number of hydrogen-bond donors (Lipinski definition) is 1. The number of furan rings is 1. The van der Waals surface area contributed by atoms with Crippen LogP contribution < -0.4 is 5.32 Å². The lowest BCUT2D eigenvalue weighted by Crippen LogP contribution is -2.28. The number of benzene rings is 2. The van der Waals surface area contributed by atoms with Crippen LogP contribution in [0.4, 0.5) is 5.69 Å². The number of anilines is 1. The Kier molecular flexibility index (Phi) is 4.99. The van der Waals surface area contributed by atoms with Gasteiger partial charge in [0.05, 0.1) is 23.9 Å². The second-order valence-electron chi connectivity index (χ2n) is 7.68. The maximum Gasteiger partial charge on any atom is 0.261 e. The third-order valence-electron chi connectivity index (χ3n) is 5.29. The summed E-state index contributed by atoms with van der Waals surface area (Å²) in [6, 6.07) is 13.9. The smallest absolute Gasteiger partial charge is 0.261 e. The van der Waals surface area contributed by atoms with Gasteiger partial charge in [0.2, 0.25) is 0 Å². The van der Waals surface area contributed by atoms with Crippen LogP contribution in [0.2, 0.25) is 0 Å². The molecule has 1 aliphatic heterocycles. The minimum absolute atomic E-state index is 0.0574. The standard InChI is InChI=1S/C24H22N2O4/c1-14(2)18-8-4-6-15(3)21(18)25-22(27)16-9-10-19-20(12-16)24(29)26(23(19)28)13-17-7-5-11-30-17/h4-12,14H,13H2,1-3H3,(H,25,27). The number of imide groups is 1. The van der Waals surface area contributed by atoms with Crippen molar-refractivity contribution in [1.82, 2.24) is 4.90 Å². The largest absolute Gasteiger partial charge is 0.467 e. The normalized spacial score (nSPS) is 13.1. The quantitative estimate of drug-likeness (QED) is 0.624. The summed E-state index contributed by atoms with van der Waals surface area (Å²) in [4.78, 5) is 39.5. The highest BCUT2D eigenvalue weighted by molar-refractivity contribution is 6.22. The Hall–Kier alpha value is -3.67. The Morgan fingerprint density at radius 1 is 1.03 bits per heavy atom. The molecule has 2 heterocycles. The van der Waals surface area contributed by atoms with Crippen LogP contribution in [-0.4, -0.2) is 22.6 Å². The van der Waals surface area contributed by atoms with Gasteiger partial charge in [-0.3, -0.25) is 19.3 Å². The number of aryl methyl sites for hydroxylation is 1. The Bertz CT molecular complexity index is 1150. The monoisotopic (exact) mass is 402 g/mol. The van der Waals surface area contributed by atoms with Crippen molar-refractivity contribution in [2.24, 2.45) is 0 Å². The molecule has 0 bridgehead atoms. The number of carbonyl (C=O) groups excluding carboxylic acids is 3. The van der Waals surface area contributed by atoms with E-state index in [1.54, 1.807) is 18.2 Å². The van der Waals surface area contributed by atoms with Gasteiger partial charge in [0, 0.05) is 11.3 Å². The van der Waals surface area contributed by atoms with Crippen LogP contribution in [0.5, 0.6) is 0 Å². The number of amides is 3. The number of nitrogens with one attached hydrogen (secondary N) is 1. The van der Waals surface area contributed by atoms with Gasteiger partial charge in [-0.25, -0.2) is 0 Å². The molecular formula is C24H22N2O4. The number of carbonyl (C=O) groups is 3. The molecule has 0 saturated heterocycles. The van der Waals surface area contributed by atoms with Gasteiger partial charge in [-0.05, 0) is 54.3 Å². The Labute approximate surface area is 174 Å². The SMILES string of the molecule is Cc1cccc(C(C)C)c1NC(=O)c1ccc2c(c1)C(=O)N(Cc1ccco1)C2=O. The van der Waals surface area contributed by atoms with Crippen LogP contribution in [0.3, 0.4) is 0 Å². The minimum atomic E-state index is -0.431. The summed E-state index contributed by atoms with van der Waals surface area (Å²) in [5, 5.41) is 2.98. The van der Waals surface area contributed by atoms with Gasteiger partial charge in [0.1, 0.15) is 5.76 Å². The average Bonchev–Trinajstić information content (AvgIpc) is 3.32. The van der Waals surface area contributed by atoms with Crippen molar-refractivity contribution < 1.29 is 18.8 Å². The molecule has 0 spiro atoms. The lowest BCUT2D eigenvalue weighted by Gasteiger charge is -2.16. The van der Waals surface area contributed by atoms with E-state index in [9.17, 15) is 14.4 Å². The Morgan fingerprint density at radius 3 is 2.50 bits per heavy atom. The van der Waals surface area contributed by atoms with Gasteiger partial charge in [-0.1, -0.05) is 32.0 Å². The van der Waals surface area contributed by atoms with Crippen LogP contribution in [0.1, 0.15) is 67.7 Å². The molecule has 3 amide bonds. The van der Waals surface area contributed by atoms with Crippen LogP contribution >= 0.6 is 0 Å². The zero-order chi connectivity index (χ0) is 21.4. The molecule has 0 unspecified atom stereocenters. The zero-order valence-electron chi connectivity index (χ0n) is 17.1. The second kappa shape index (κ2) is 7.63. The Morgan fingerprint density at radius 2 is 1.80 bits per heavy atom. The molecule has 0 radical (unpaired) electrons. The van der Waals surface area contributed by atoms with E-state index < -0.39 is 5.91 Å². The molecule has 1 aromatic heterocycles. The van der Waals surface area contributed by atoms with E-state index in [-0.39, 0.29) is 29.8 Å². The fraction of sp³-hybridized carbons (Fsp3) is 0.208. The molecule has 6 nitrogen and oxygen atoms in total. The first-order valence-corrected chi connectivity index (χ1v) is 9.80. The number of hydrogen-bond acceptors (Lipinski definition) is 4. The summed E-state index contributed by atoms with van der Waals surface area (Å²) in [6.45, 7) is 6.14. The third kappa shape index (κ3) is 3.41. The maximum atomic E-state index is 12.9. The van der Waals surface area contributed by atoms with Crippen LogP contribution in [0, 0.1) is 6.92 Å². The summed E-state index contributed by atoms with van der Waals surface area (Å²) in [7, 11) is 0. The highest BCUT2D eigenvalue weighted by atomic mass is 16.3. The summed E-state index contributed by atoms with van der Waals surface area (Å²) >= 11 is 0. The molecular weight excluding hydrogens is 380 g/mol. The summed E-state index contributed by atoms with van der Waals surface area (Å²) in [5.41, 5.74) is 3.63. The first-order chi connectivity index (χ1) is 14.4. The van der Waals surface area contributed by atoms with E-state index in [1.807, 2.05) is 25.1 Å². The average molecular weight is 402 g/mol. The van der Waals surface area contributed by atoms with E-state index in [2.05, 4.69) is 19.2 Å². The van der Waals surface area contributed by atoms with Crippen molar-refractivity contribution in [1.29, 1.82) is 0 Å². The van der Waals surface area contributed by atoms with Crippen molar-refractivity contribution in [2.75, 3.05) is 5.32 Å². The molecule has 0 saturated carbocycles. The summed E-state index contributed by atoms with van der Waals surface area (Å²) < 4.78 is 5.25. The van der Waals surface area contributed by atoms with Crippen LogP contribution in [-0.2, 0) is 6.54 Å². The lowest BCUT2D eigenvalue weighted by atomic mass is 9.97. The van der Waals surface area contributed by atoms with Gasteiger partial charge in [-0.15, -0.1) is 0 Å². The van der Waals surface area contributed by atoms with E-state index in [0.717, 1.165) is 21.7 Å². The molecule has 3 aromatic rings. The molecule has 152 valence electrons. The Balaban J connectivity index is 1.61. The van der Waals surface area contributed by atoms with Gasteiger partial charge < -0.3 is 9.73 Å². The van der Waals surface area contributed by atoms with Gasteiger partial charge in [0.25, 0.3) is 17.7 Å². The van der Waals surface area contributed by atoms with Gasteiger partial charge in [-0.2, -0.15) is 0 Å². The number of fused-ring (bicyclic) bond motifs is 1. The molecule has 2 aromatic carbocycles. The molecule has 0 atom stereocenters. The van der Waals surface area contributed by atoms with E-state index in [1.165, 1.54) is 18.4 Å². The van der Waals surface area contributed by atoms with Crippen molar-refractivity contribution in [2.45, 2.75) is 33.2 Å². The fourth-order valence-corrected chi connectivity index (χ4v) is 3.66. The number of nitrogens with zero attached hydrogens (tertiary/aromatic N) is 1. The molecule has 1 aliphatic rings. The molecule has 0 aliphatic carbocycles. The fourth-order valence-electron chi connectivity index (χ4n) is 3.66. The van der Waals surface area contributed by atoms with E-state index in [0.29, 0.717) is 16.9 Å². The lowest BCUT2D eigenvalue weighted by molar-refractivity contribution is 0.0631. The van der Waals surface area contributed by atoms with E-state index in [4.69, 9.17) is 4.42 Å². The van der Waals surface area contributed by atoms with E-state index >= 15 is 0 Å². The third-order valence-corrected chi connectivity index (χ3v) is 5.29. The first kappa shape index (κ1) is 19.6. The predicted molar refractivity (Wildman–Crippen MR) is 113 cm³/mol.